The van der Waals surface area contributed by atoms with Crippen molar-refractivity contribution >= 4 is 12.2 Å². The van der Waals surface area contributed by atoms with E-state index in [0.29, 0.717) is 13.1 Å². The largest absolute Gasteiger partial charge is 0.448 e. The van der Waals surface area contributed by atoms with Crippen LogP contribution < -0.4 is 0 Å². The first-order valence-corrected chi connectivity index (χ1v) is 10.6. The molecule has 2 aromatic carbocycles. The summed E-state index contributed by atoms with van der Waals surface area (Å²) in [5.74, 6) is -0.00405. The third-order valence-corrected chi connectivity index (χ3v) is 5.64. The highest BCUT2D eigenvalue weighted by atomic mass is 16.6. The fraction of sp³-hybridized carbons (Fsp3) is 0.400. The number of hydrogen-bond donors (Lipinski definition) is 0. The van der Waals surface area contributed by atoms with Crippen LogP contribution in [0.4, 0.5) is 9.59 Å². The lowest BCUT2D eigenvalue weighted by molar-refractivity contribution is 0.00639. The Hall–Kier alpha value is -3.02. The molecule has 0 saturated carbocycles. The van der Waals surface area contributed by atoms with Crippen LogP contribution in [-0.2, 0) is 9.47 Å². The van der Waals surface area contributed by atoms with Crippen LogP contribution in [0.15, 0.2) is 48.5 Å². The molecule has 162 valence electrons. The Morgan fingerprint density at radius 1 is 0.968 bits per heavy atom. The van der Waals surface area contributed by atoms with Gasteiger partial charge in [0.25, 0.3) is 0 Å². The van der Waals surface area contributed by atoms with E-state index in [1.807, 2.05) is 45.0 Å². The molecule has 2 aromatic rings. The van der Waals surface area contributed by atoms with Gasteiger partial charge in [-0.3, -0.25) is 0 Å². The maximum absolute atomic E-state index is 12.8. The summed E-state index contributed by atoms with van der Waals surface area (Å²) in [6.45, 7) is 12.7. The van der Waals surface area contributed by atoms with E-state index in [9.17, 15) is 9.59 Å². The van der Waals surface area contributed by atoms with E-state index < -0.39 is 23.8 Å². The zero-order valence-corrected chi connectivity index (χ0v) is 18.2. The topological polar surface area (TPSA) is 59.1 Å². The van der Waals surface area contributed by atoms with Gasteiger partial charge in [0.15, 0.2) is 0 Å². The summed E-state index contributed by atoms with van der Waals surface area (Å²) in [6, 6.07) is 15.8. The number of ether oxygens (including phenoxy) is 2. The second-order valence-corrected chi connectivity index (χ2v) is 8.99. The average Bonchev–Trinajstić information content (AvgIpc) is 3.04. The molecule has 1 unspecified atom stereocenters. The summed E-state index contributed by atoms with van der Waals surface area (Å²) in [5.41, 5.74) is 4.11. The van der Waals surface area contributed by atoms with Crippen molar-refractivity contribution in [1.82, 2.24) is 9.80 Å². The normalized spacial score (nSPS) is 18.4. The maximum atomic E-state index is 12.8. The van der Waals surface area contributed by atoms with Crippen LogP contribution in [0.2, 0.25) is 0 Å². The van der Waals surface area contributed by atoms with Gasteiger partial charge in [-0.2, -0.15) is 0 Å². The van der Waals surface area contributed by atoms with Gasteiger partial charge >= 0.3 is 12.2 Å². The van der Waals surface area contributed by atoms with Gasteiger partial charge in [-0.05, 0) is 49.9 Å². The van der Waals surface area contributed by atoms with E-state index in [1.54, 1.807) is 0 Å². The molecule has 1 aliphatic carbocycles. The number of nitrogens with zero attached hydrogens (tertiary/aromatic N) is 2. The highest BCUT2D eigenvalue weighted by Gasteiger charge is 2.34. The van der Waals surface area contributed by atoms with Gasteiger partial charge in [0.1, 0.15) is 12.2 Å². The minimum absolute atomic E-state index is 0.00405. The fourth-order valence-electron chi connectivity index (χ4n) is 4.21. The van der Waals surface area contributed by atoms with Crippen molar-refractivity contribution < 1.29 is 19.1 Å². The lowest BCUT2D eigenvalue weighted by Crippen LogP contribution is -2.56. The van der Waals surface area contributed by atoms with Crippen LogP contribution in [0.3, 0.4) is 0 Å². The molecule has 6 heteroatoms. The van der Waals surface area contributed by atoms with Crippen molar-refractivity contribution in [1.29, 1.82) is 0 Å². The summed E-state index contributed by atoms with van der Waals surface area (Å²) < 4.78 is 11.1. The van der Waals surface area contributed by atoms with Gasteiger partial charge < -0.3 is 19.3 Å². The van der Waals surface area contributed by atoms with Gasteiger partial charge in [-0.25, -0.2) is 9.59 Å². The fourth-order valence-corrected chi connectivity index (χ4v) is 4.21. The summed E-state index contributed by atoms with van der Waals surface area (Å²) in [6.07, 6.45) is -0.881. The number of benzene rings is 2. The second-order valence-electron chi connectivity index (χ2n) is 8.99. The summed E-state index contributed by atoms with van der Waals surface area (Å²) >= 11 is 0. The number of fused-ring (bicyclic) bond motifs is 3. The molecule has 0 bridgehead atoms. The average molecular weight is 421 g/mol. The van der Waals surface area contributed by atoms with E-state index in [-0.39, 0.29) is 19.1 Å². The molecule has 2 aliphatic rings. The molecule has 1 atom stereocenters. The minimum Gasteiger partial charge on any atom is -0.448 e. The van der Waals surface area contributed by atoms with Gasteiger partial charge in [0.05, 0.1) is 6.04 Å². The Morgan fingerprint density at radius 3 is 2.10 bits per heavy atom. The zero-order chi connectivity index (χ0) is 22.2. The van der Waals surface area contributed by atoms with Crippen LogP contribution in [0.1, 0.15) is 37.8 Å². The highest BCUT2D eigenvalue weighted by Crippen LogP contribution is 2.44. The molecule has 1 saturated heterocycles. The molecule has 4 rings (SSSR count). The summed E-state index contributed by atoms with van der Waals surface area (Å²) in [5, 5.41) is 0. The van der Waals surface area contributed by atoms with E-state index >= 15 is 0 Å². The van der Waals surface area contributed by atoms with Crippen molar-refractivity contribution in [2.75, 3.05) is 26.2 Å². The first kappa shape index (κ1) is 21.2. The van der Waals surface area contributed by atoms with Crippen molar-refractivity contribution in [3.63, 3.8) is 0 Å². The van der Waals surface area contributed by atoms with Crippen LogP contribution in [0.25, 0.3) is 11.1 Å². The molecular formula is C25H28N2O4. The molecule has 2 radical (unpaired) electrons. The summed E-state index contributed by atoms with van der Waals surface area (Å²) in [4.78, 5) is 28.1. The second kappa shape index (κ2) is 8.25. The van der Waals surface area contributed by atoms with Gasteiger partial charge in [0.2, 0.25) is 0 Å². The number of hydrogen-bond acceptors (Lipinski definition) is 4. The van der Waals surface area contributed by atoms with Crippen molar-refractivity contribution in [2.24, 2.45) is 0 Å². The maximum Gasteiger partial charge on any atom is 0.410 e. The number of carbonyl (C=O) groups is 2. The zero-order valence-electron chi connectivity index (χ0n) is 18.2. The SMILES string of the molecule is [CH]C1CN(C(=O)OC(C)(C)C)CCN1C(=O)OCC1c2ccccc2-c2ccccc21. The molecule has 31 heavy (non-hydrogen) atoms. The smallest absolute Gasteiger partial charge is 0.410 e. The molecule has 6 nitrogen and oxygen atoms in total. The lowest BCUT2D eigenvalue weighted by atomic mass is 9.98. The molecule has 1 fully saturated rings. The Morgan fingerprint density at radius 2 is 1.55 bits per heavy atom. The van der Waals surface area contributed by atoms with Gasteiger partial charge in [-0.1, -0.05) is 48.5 Å². The highest BCUT2D eigenvalue weighted by molar-refractivity contribution is 5.79. The molecule has 0 spiro atoms. The van der Waals surface area contributed by atoms with Crippen LogP contribution >= 0.6 is 0 Å². The summed E-state index contributed by atoms with van der Waals surface area (Å²) in [7, 11) is 0. The quantitative estimate of drug-likeness (QED) is 0.714. The third kappa shape index (κ3) is 4.38. The predicted molar refractivity (Wildman–Crippen MR) is 118 cm³/mol. The van der Waals surface area contributed by atoms with E-state index in [1.165, 1.54) is 20.9 Å². The Balaban J connectivity index is 1.38. The van der Waals surface area contributed by atoms with Gasteiger partial charge in [-0.15, -0.1) is 0 Å². The molecule has 0 aromatic heterocycles. The Kier molecular flexibility index (Phi) is 5.65. The number of amides is 2. The molecule has 2 amide bonds. The van der Waals surface area contributed by atoms with Crippen LogP contribution in [0.5, 0.6) is 0 Å². The predicted octanol–water partition coefficient (Wildman–Crippen LogP) is 4.57. The lowest BCUT2D eigenvalue weighted by Gasteiger charge is -2.39. The molecule has 1 aliphatic heterocycles. The number of carbonyl (C=O) groups excluding carboxylic acids is 2. The first-order valence-electron chi connectivity index (χ1n) is 10.6. The number of piperazine rings is 1. The Bertz CT molecular complexity index is 936. The van der Waals surface area contributed by atoms with Crippen LogP contribution in [-0.4, -0.2) is 59.9 Å². The van der Waals surface area contributed by atoms with E-state index in [0.717, 1.165) is 11.1 Å². The third-order valence-electron chi connectivity index (χ3n) is 5.64. The number of rotatable bonds is 2. The minimum atomic E-state index is -0.642. The monoisotopic (exact) mass is 420 g/mol. The standard InChI is InChI=1S/C25H28N2O4/c1-17-15-26(23(28)31-25(2,3)4)13-14-27(17)24(29)30-16-22-20-11-7-5-9-18(20)19-10-6-8-12-21(19)22/h1,5-12,17,22H,13-16H2,2-4H3. The van der Waals surface area contributed by atoms with Crippen molar-refractivity contribution in [3.8, 4) is 11.1 Å². The Labute approximate surface area is 183 Å². The van der Waals surface area contributed by atoms with Crippen molar-refractivity contribution in [3.05, 3.63) is 66.6 Å². The molecule has 0 N–H and O–H groups in total. The first-order chi connectivity index (χ1) is 14.7. The molecule has 1 heterocycles. The van der Waals surface area contributed by atoms with Crippen molar-refractivity contribution in [2.45, 2.75) is 38.3 Å². The van der Waals surface area contributed by atoms with E-state index in [2.05, 4.69) is 24.3 Å². The van der Waals surface area contributed by atoms with E-state index in [4.69, 9.17) is 16.4 Å². The van der Waals surface area contributed by atoms with Crippen LogP contribution in [0, 0.1) is 6.92 Å². The molecular weight excluding hydrogens is 392 g/mol. The van der Waals surface area contributed by atoms with Gasteiger partial charge in [0, 0.05) is 25.6 Å².